The number of carboxylic acids is 1. The Morgan fingerprint density at radius 3 is 2.36 bits per heavy atom. The molecule has 240 valence electrons. The molecule has 2 aromatic rings. The van der Waals surface area contributed by atoms with Gasteiger partial charge in [0.1, 0.15) is 17.9 Å². The second-order valence-corrected chi connectivity index (χ2v) is 10.8. The first-order valence-corrected chi connectivity index (χ1v) is 14.6. The van der Waals surface area contributed by atoms with Crippen LogP contribution in [0, 0.1) is 17.5 Å². The number of carbonyl (C=O) groups excluding carboxylic acids is 3. The van der Waals surface area contributed by atoms with E-state index in [0.29, 0.717) is 25.0 Å². The molecule has 0 bridgehead atoms. The molecule has 1 aliphatic heterocycles. The molecule has 0 aromatic heterocycles. The highest BCUT2D eigenvalue weighted by Gasteiger charge is 2.42. The van der Waals surface area contributed by atoms with E-state index in [4.69, 9.17) is 10.5 Å². The van der Waals surface area contributed by atoms with Crippen molar-refractivity contribution in [1.29, 1.82) is 0 Å². The van der Waals surface area contributed by atoms with Crippen LogP contribution in [0.1, 0.15) is 50.7 Å². The SMILES string of the molecule is CCOC(=O)[C@H](CCc1ccccc1)N[C@H](CC)C(=O)N1C[C@@H](NC(=O)C[C@H](N)Cc2cc(F)c(F)cc2F)C[C@H]1C(=O)O. The van der Waals surface area contributed by atoms with Gasteiger partial charge in [0.25, 0.3) is 0 Å². The number of amides is 2. The Bertz CT molecular complexity index is 1310. The molecule has 0 radical (unpaired) electrons. The van der Waals surface area contributed by atoms with Crippen molar-refractivity contribution >= 4 is 23.8 Å². The van der Waals surface area contributed by atoms with Gasteiger partial charge in [0.2, 0.25) is 11.8 Å². The third-order valence-electron chi connectivity index (χ3n) is 7.50. The molecular formula is C31H39F3N4O6. The summed E-state index contributed by atoms with van der Waals surface area (Å²) >= 11 is 0. The normalized spacial score (nSPS) is 18.4. The summed E-state index contributed by atoms with van der Waals surface area (Å²) in [5.74, 6) is -6.43. The average Bonchev–Trinajstić information content (AvgIpc) is 3.40. The lowest BCUT2D eigenvalue weighted by Gasteiger charge is -2.29. The number of ether oxygens (including phenoxy) is 1. The van der Waals surface area contributed by atoms with Gasteiger partial charge in [-0.1, -0.05) is 37.3 Å². The molecule has 10 nitrogen and oxygen atoms in total. The van der Waals surface area contributed by atoms with Crippen LogP contribution in [0.25, 0.3) is 0 Å². The lowest BCUT2D eigenvalue weighted by molar-refractivity contribution is -0.150. The topological polar surface area (TPSA) is 151 Å². The van der Waals surface area contributed by atoms with Gasteiger partial charge < -0.3 is 25.8 Å². The minimum atomic E-state index is -1.34. The zero-order chi connectivity index (χ0) is 32.4. The number of esters is 1. The highest BCUT2D eigenvalue weighted by molar-refractivity contribution is 5.89. The fourth-order valence-electron chi connectivity index (χ4n) is 5.29. The minimum absolute atomic E-state index is 0.0639. The summed E-state index contributed by atoms with van der Waals surface area (Å²) in [4.78, 5) is 52.3. The Morgan fingerprint density at radius 1 is 1.05 bits per heavy atom. The number of hydrogen-bond donors (Lipinski definition) is 4. The molecule has 0 saturated carbocycles. The minimum Gasteiger partial charge on any atom is -0.480 e. The van der Waals surface area contributed by atoms with E-state index < -0.39 is 71.4 Å². The molecule has 2 amide bonds. The first-order valence-electron chi connectivity index (χ1n) is 14.6. The van der Waals surface area contributed by atoms with Gasteiger partial charge in [0, 0.05) is 37.5 Å². The summed E-state index contributed by atoms with van der Waals surface area (Å²) in [5, 5.41) is 15.6. The molecule has 0 aliphatic carbocycles. The molecule has 1 heterocycles. The van der Waals surface area contributed by atoms with Crippen molar-refractivity contribution in [2.24, 2.45) is 5.73 Å². The maximum absolute atomic E-state index is 14.0. The highest BCUT2D eigenvalue weighted by Crippen LogP contribution is 2.22. The first-order chi connectivity index (χ1) is 20.9. The van der Waals surface area contributed by atoms with E-state index in [1.165, 1.54) is 4.90 Å². The van der Waals surface area contributed by atoms with Crippen LogP contribution < -0.4 is 16.4 Å². The Labute approximate surface area is 254 Å². The van der Waals surface area contributed by atoms with Crippen LogP contribution in [0.5, 0.6) is 0 Å². The number of halogens is 3. The van der Waals surface area contributed by atoms with Crippen molar-refractivity contribution in [2.75, 3.05) is 13.2 Å². The third kappa shape index (κ3) is 9.52. The number of nitrogens with zero attached hydrogens (tertiary/aromatic N) is 1. The summed E-state index contributed by atoms with van der Waals surface area (Å²) < 4.78 is 45.9. The molecule has 1 fully saturated rings. The van der Waals surface area contributed by atoms with Crippen LogP contribution >= 0.6 is 0 Å². The molecule has 3 rings (SSSR count). The maximum atomic E-state index is 14.0. The molecule has 44 heavy (non-hydrogen) atoms. The van der Waals surface area contributed by atoms with E-state index in [-0.39, 0.29) is 44.4 Å². The predicted octanol–water partition coefficient (Wildman–Crippen LogP) is 2.47. The van der Waals surface area contributed by atoms with Crippen LogP contribution in [0.3, 0.4) is 0 Å². The van der Waals surface area contributed by atoms with E-state index in [1.54, 1.807) is 13.8 Å². The number of rotatable bonds is 15. The zero-order valence-electron chi connectivity index (χ0n) is 24.7. The van der Waals surface area contributed by atoms with Gasteiger partial charge in [-0.15, -0.1) is 0 Å². The van der Waals surface area contributed by atoms with Crippen molar-refractivity contribution in [3.63, 3.8) is 0 Å². The molecule has 1 aliphatic rings. The maximum Gasteiger partial charge on any atom is 0.326 e. The number of aryl methyl sites for hydroxylation is 1. The predicted molar refractivity (Wildman–Crippen MR) is 155 cm³/mol. The van der Waals surface area contributed by atoms with E-state index in [9.17, 15) is 37.5 Å². The monoisotopic (exact) mass is 620 g/mol. The van der Waals surface area contributed by atoms with E-state index in [2.05, 4.69) is 10.6 Å². The molecule has 2 aromatic carbocycles. The average molecular weight is 621 g/mol. The van der Waals surface area contributed by atoms with Crippen molar-refractivity contribution in [1.82, 2.24) is 15.5 Å². The fourth-order valence-corrected chi connectivity index (χ4v) is 5.29. The Morgan fingerprint density at radius 2 is 1.73 bits per heavy atom. The molecule has 5 N–H and O–H groups in total. The molecule has 13 heteroatoms. The number of carboxylic acid groups (broad SMARTS) is 1. The van der Waals surface area contributed by atoms with E-state index in [1.807, 2.05) is 30.3 Å². The highest BCUT2D eigenvalue weighted by atomic mass is 19.2. The van der Waals surface area contributed by atoms with Gasteiger partial charge in [0.05, 0.1) is 12.6 Å². The largest absolute Gasteiger partial charge is 0.480 e. The summed E-state index contributed by atoms with van der Waals surface area (Å²) in [7, 11) is 0. The number of benzene rings is 2. The van der Waals surface area contributed by atoms with E-state index in [0.717, 1.165) is 5.56 Å². The standard InChI is InChI=1S/C31H39F3N4O6/c1-3-25(37-26(31(43)44-4-2)11-10-18-8-6-5-7-9-18)29(40)38-17-21(15-27(38)30(41)42)36-28(39)14-20(35)12-19-13-23(33)24(34)16-22(19)32/h5-9,13,16,20-21,25-27,37H,3-4,10-12,14-15,17,35H2,1-2H3,(H,36,39)(H,41,42)/t20-,21+,25-,26+,27+/m1/s1. The molecule has 5 atom stereocenters. The van der Waals surface area contributed by atoms with E-state index >= 15 is 0 Å². The Hall–Kier alpha value is -3.97. The summed E-state index contributed by atoms with van der Waals surface area (Å²) in [6.07, 6.45) is 0.549. The molecular weight excluding hydrogens is 581 g/mol. The summed E-state index contributed by atoms with van der Waals surface area (Å²) in [6, 6.07) is 6.02. The van der Waals surface area contributed by atoms with Crippen LogP contribution in [0.4, 0.5) is 13.2 Å². The molecule has 1 saturated heterocycles. The Kier molecular flexibility index (Phi) is 12.7. The van der Waals surface area contributed by atoms with Crippen LogP contribution in [0.2, 0.25) is 0 Å². The van der Waals surface area contributed by atoms with Crippen molar-refractivity contribution in [3.8, 4) is 0 Å². The van der Waals surface area contributed by atoms with Gasteiger partial charge in [-0.05, 0) is 49.8 Å². The van der Waals surface area contributed by atoms with Crippen LogP contribution in [0.15, 0.2) is 42.5 Å². The zero-order valence-corrected chi connectivity index (χ0v) is 24.7. The van der Waals surface area contributed by atoms with Crippen molar-refractivity contribution < 1.29 is 42.2 Å². The van der Waals surface area contributed by atoms with Gasteiger partial charge in [-0.2, -0.15) is 0 Å². The van der Waals surface area contributed by atoms with Crippen LogP contribution in [-0.2, 0) is 36.8 Å². The van der Waals surface area contributed by atoms with Crippen molar-refractivity contribution in [3.05, 3.63) is 71.0 Å². The second-order valence-electron chi connectivity index (χ2n) is 10.8. The first kappa shape index (κ1) is 34.5. The second kappa shape index (κ2) is 16.2. The lowest BCUT2D eigenvalue weighted by Crippen LogP contribution is -2.54. The fraction of sp³-hybridized carbons (Fsp3) is 0.484. The van der Waals surface area contributed by atoms with Crippen molar-refractivity contribution in [2.45, 2.75) is 82.6 Å². The molecule has 0 unspecified atom stereocenters. The van der Waals surface area contributed by atoms with Gasteiger partial charge >= 0.3 is 11.9 Å². The number of carbonyl (C=O) groups is 4. The van der Waals surface area contributed by atoms with Gasteiger partial charge in [0.15, 0.2) is 11.6 Å². The van der Waals surface area contributed by atoms with Crippen LogP contribution in [-0.4, -0.2) is 77.1 Å². The molecule has 0 spiro atoms. The summed E-state index contributed by atoms with van der Waals surface area (Å²) in [6.45, 7) is 3.47. The summed E-state index contributed by atoms with van der Waals surface area (Å²) in [5.41, 5.74) is 6.77. The number of nitrogens with two attached hydrogens (primary N) is 1. The number of aliphatic carboxylic acids is 1. The number of nitrogens with one attached hydrogen (secondary N) is 2. The smallest absolute Gasteiger partial charge is 0.326 e. The lowest BCUT2D eigenvalue weighted by atomic mass is 10.0. The van der Waals surface area contributed by atoms with Gasteiger partial charge in [-0.25, -0.2) is 18.0 Å². The van der Waals surface area contributed by atoms with Gasteiger partial charge in [-0.3, -0.25) is 19.7 Å². The quantitative estimate of drug-likeness (QED) is 0.175. The number of hydrogen-bond acceptors (Lipinski definition) is 7. The number of likely N-dealkylation sites (tertiary alicyclic amines) is 1. The third-order valence-corrected chi connectivity index (χ3v) is 7.50. The Balaban J connectivity index is 1.63.